The molecule has 1 heterocycles. The molecule has 4 atom stereocenters. The first-order chi connectivity index (χ1) is 32.7. The van der Waals surface area contributed by atoms with Crippen molar-refractivity contribution < 1.29 is 0 Å². The maximum Gasteiger partial charge on any atom is 0.100 e. The largest absolute Gasteiger partial charge is 0.331 e. The van der Waals surface area contributed by atoms with Crippen LogP contribution in [0.2, 0.25) is 0 Å². The molecule has 66 heavy (non-hydrogen) atoms. The van der Waals surface area contributed by atoms with Crippen LogP contribution in [-0.4, -0.2) is 4.57 Å². The molecule has 12 rings (SSSR count). The van der Waals surface area contributed by atoms with E-state index in [1.54, 1.807) is 0 Å². The third-order valence-electron chi connectivity index (χ3n) is 14.4. The lowest BCUT2D eigenvalue weighted by Gasteiger charge is -2.48. The van der Waals surface area contributed by atoms with E-state index in [4.69, 9.17) is 0 Å². The maximum absolute atomic E-state index is 2.67. The van der Waals surface area contributed by atoms with E-state index in [2.05, 4.69) is 252 Å². The molecule has 0 spiro atoms. The van der Waals surface area contributed by atoms with E-state index in [9.17, 15) is 0 Å². The van der Waals surface area contributed by atoms with Gasteiger partial charge < -0.3 is 14.4 Å². The Kier molecular flexibility index (Phi) is 10.3. The van der Waals surface area contributed by atoms with Crippen LogP contribution < -0.4 is 9.80 Å². The van der Waals surface area contributed by atoms with E-state index < -0.39 is 0 Å². The fourth-order valence-electron chi connectivity index (χ4n) is 11.4. The number of para-hydroxylation sites is 2. The highest BCUT2D eigenvalue weighted by molar-refractivity contribution is 6.17. The minimum absolute atomic E-state index is 0.182. The zero-order valence-corrected chi connectivity index (χ0v) is 37.4. The number of hydrogen-bond acceptors (Lipinski definition) is 2. The van der Waals surface area contributed by atoms with Crippen LogP contribution >= 0.6 is 0 Å². The van der Waals surface area contributed by atoms with Gasteiger partial charge in [0, 0.05) is 45.3 Å². The number of anilines is 4. The first kappa shape index (κ1) is 39.9. The van der Waals surface area contributed by atoms with Gasteiger partial charge in [0.2, 0.25) is 0 Å². The van der Waals surface area contributed by atoms with Crippen LogP contribution in [0.3, 0.4) is 0 Å². The monoisotopic (exact) mass is 851 g/mol. The van der Waals surface area contributed by atoms with Gasteiger partial charge in [0.25, 0.3) is 0 Å². The molecule has 0 saturated carbocycles. The van der Waals surface area contributed by atoms with Gasteiger partial charge >= 0.3 is 0 Å². The molecule has 0 aliphatic heterocycles. The van der Waals surface area contributed by atoms with Crippen LogP contribution in [0.25, 0.3) is 44.1 Å². The predicted octanol–water partition coefficient (Wildman–Crippen LogP) is 17.0. The van der Waals surface area contributed by atoms with Crippen molar-refractivity contribution in [2.75, 3.05) is 9.80 Å². The maximum atomic E-state index is 2.67. The summed E-state index contributed by atoms with van der Waals surface area (Å²) in [5, 5.41) is 3.85. The molecule has 0 amide bonds. The number of benzene rings is 7. The van der Waals surface area contributed by atoms with Crippen molar-refractivity contribution in [3.8, 4) is 11.1 Å². The van der Waals surface area contributed by atoms with Crippen LogP contribution in [0.4, 0.5) is 22.7 Å². The van der Waals surface area contributed by atoms with Gasteiger partial charge in [-0.2, -0.15) is 0 Å². The summed E-state index contributed by atoms with van der Waals surface area (Å²) in [5.74, 6) is 0.762. The van der Waals surface area contributed by atoms with Gasteiger partial charge in [0.1, 0.15) is 6.04 Å². The average molecular weight is 852 g/mol. The molecule has 4 aliphatic carbocycles. The van der Waals surface area contributed by atoms with Crippen molar-refractivity contribution in [2.45, 2.75) is 50.6 Å². The van der Waals surface area contributed by atoms with Gasteiger partial charge in [0.05, 0.1) is 17.3 Å². The number of aromatic nitrogens is 1. The Morgan fingerprint density at radius 1 is 0.515 bits per heavy atom. The Bertz CT molecular complexity index is 3270. The summed E-state index contributed by atoms with van der Waals surface area (Å²) in [6.45, 7) is 2.32. The summed E-state index contributed by atoms with van der Waals surface area (Å²) < 4.78 is 2.67. The molecule has 0 fully saturated rings. The van der Waals surface area contributed by atoms with Gasteiger partial charge in [-0.3, -0.25) is 0 Å². The number of fused-ring (bicyclic) bond motifs is 7. The smallest absolute Gasteiger partial charge is 0.100 e. The molecular weight excluding hydrogens is 799 g/mol. The Morgan fingerprint density at radius 3 is 1.83 bits per heavy atom. The number of allylic oxidation sites excluding steroid dienone is 12. The molecule has 3 unspecified atom stereocenters. The highest BCUT2D eigenvalue weighted by Crippen LogP contribution is 2.59. The van der Waals surface area contributed by atoms with E-state index in [0.717, 1.165) is 48.4 Å². The molecule has 1 aromatic heterocycles. The lowest BCUT2D eigenvalue weighted by atomic mass is 9.78. The summed E-state index contributed by atoms with van der Waals surface area (Å²) in [7, 11) is 0. The Morgan fingerprint density at radius 2 is 1.14 bits per heavy atom. The molecule has 7 aromatic carbocycles. The number of hydrogen-bond donors (Lipinski definition) is 0. The molecule has 0 bridgehead atoms. The van der Waals surface area contributed by atoms with Gasteiger partial charge in [-0.1, -0.05) is 177 Å². The summed E-state index contributed by atoms with van der Waals surface area (Å²) in [6.07, 6.45) is 26.8. The second-order valence-corrected chi connectivity index (χ2v) is 18.2. The molecule has 4 aliphatic rings. The molecule has 3 heteroatoms. The predicted molar refractivity (Wildman–Crippen MR) is 280 cm³/mol. The van der Waals surface area contributed by atoms with Crippen LogP contribution in [-0.2, 0) is 0 Å². The molecule has 8 aromatic rings. The van der Waals surface area contributed by atoms with E-state index in [-0.39, 0.29) is 12.1 Å². The lowest BCUT2D eigenvalue weighted by molar-refractivity contribution is 0.525. The van der Waals surface area contributed by atoms with Gasteiger partial charge in [-0.25, -0.2) is 0 Å². The number of nitrogens with zero attached hydrogens (tertiary/aromatic N) is 3. The van der Waals surface area contributed by atoms with Gasteiger partial charge in [-0.05, 0) is 131 Å². The van der Waals surface area contributed by atoms with Crippen molar-refractivity contribution >= 4 is 55.7 Å². The van der Waals surface area contributed by atoms with Crippen molar-refractivity contribution in [1.82, 2.24) is 4.57 Å². The van der Waals surface area contributed by atoms with Crippen molar-refractivity contribution in [1.29, 1.82) is 0 Å². The van der Waals surface area contributed by atoms with Crippen molar-refractivity contribution in [3.63, 3.8) is 0 Å². The zero-order chi connectivity index (χ0) is 44.0. The standard InChI is InChI=1S/C63H53N3/c1-44-20-14-16-30-54(44)48-36-41-52(42-37-48)64(49-24-8-3-9-25-49)61-57-33-19-18-32-56(57)60-59-55-31-17-15-23-47(55)38-43-58(59)66(51-28-12-5-13-29-51)62(60)63(61)65(50-26-10-4-11-27-50)53-39-34-46(35-40-53)45-21-6-2-7-22-45/h2-6,8-12,14-21,23-28,30-44,54,61,63H,7,13,22,29H2,1H3/t44?,54?,61?,63-/m0/s1. The van der Waals surface area contributed by atoms with Crippen LogP contribution in [0.15, 0.2) is 231 Å². The van der Waals surface area contributed by atoms with Gasteiger partial charge in [-0.15, -0.1) is 0 Å². The highest BCUT2D eigenvalue weighted by atomic mass is 15.3. The fourth-order valence-corrected chi connectivity index (χ4v) is 11.4. The minimum atomic E-state index is -0.218. The fraction of sp³-hybridized carbons (Fsp3) is 0.143. The van der Waals surface area contributed by atoms with E-state index >= 15 is 0 Å². The topological polar surface area (TPSA) is 11.4 Å². The Hall–Kier alpha value is -7.62. The summed E-state index contributed by atoms with van der Waals surface area (Å²) in [6, 6.07) is 63.8. The Balaban J connectivity index is 1.19. The molecule has 0 radical (unpaired) electrons. The van der Waals surface area contributed by atoms with E-state index in [0.29, 0.717) is 11.8 Å². The Labute approximate surface area is 389 Å². The van der Waals surface area contributed by atoms with Crippen LogP contribution in [0.5, 0.6) is 0 Å². The minimum Gasteiger partial charge on any atom is -0.331 e. The first-order valence-electron chi connectivity index (χ1n) is 23.8. The second-order valence-electron chi connectivity index (χ2n) is 18.2. The first-order valence-corrected chi connectivity index (χ1v) is 23.8. The third kappa shape index (κ3) is 6.89. The highest BCUT2D eigenvalue weighted by Gasteiger charge is 2.46. The average Bonchev–Trinajstić information content (AvgIpc) is 3.75. The molecule has 0 saturated heterocycles. The summed E-state index contributed by atoms with van der Waals surface area (Å²) >= 11 is 0. The quantitative estimate of drug-likeness (QED) is 0.143. The van der Waals surface area contributed by atoms with Crippen LogP contribution in [0, 0.1) is 5.92 Å². The van der Waals surface area contributed by atoms with E-state index in [1.807, 2.05) is 0 Å². The van der Waals surface area contributed by atoms with Crippen molar-refractivity contribution in [3.05, 3.63) is 253 Å². The zero-order valence-electron chi connectivity index (χ0n) is 37.4. The molecule has 0 N–H and O–H groups in total. The summed E-state index contributed by atoms with van der Waals surface area (Å²) in [5.41, 5.74) is 16.4. The second kappa shape index (κ2) is 17.1. The molecule has 3 nitrogen and oxygen atoms in total. The summed E-state index contributed by atoms with van der Waals surface area (Å²) in [4.78, 5) is 5.31. The molecular formula is C63H53N3. The van der Waals surface area contributed by atoms with E-state index in [1.165, 1.54) is 66.5 Å². The number of rotatable bonds is 9. The van der Waals surface area contributed by atoms with Crippen molar-refractivity contribution in [2.24, 2.45) is 5.92 Å². The normalized spacial score (nSPS) is 19.6. The SMILES string of the molecule is CC1C=CC=CC1c1ccc(N(c2ccccc2)C2c3ccccc3-c3c(n(C4=CC=CCC4)c4ccc5ccccc5c34)[C@H]2N(c2ccccc2)c2ccc(C3=CC=CCC3)cc2)cc1. The van der Waals surface area contributed by atoms with Crippen LogP contribution in [0.1, 0.15) is 73.0 Å². The lowest BCUT2D eigenvalue weighted by Crippen LogP contribution is -2.40. The third-order valence-corrected chi connectivity index (χ3v) is 14.4. The van der Waals surface area contributed by atoms with Gasteiger partial charge in [0.15, 0.2) is 0 Å². The molecule has 320 valence electrons.